The Morgan fingerprint density at radius 2 is 1.87 bits per heavy atom. The zero-order chi connectivity index (χ0) is 22.0. The van der Waals surface area contributed by atoms with E-state index >= 15 is 0 Å². The Morgan fingerprint density at radius 1 is 1.06 bits per heavy atom. The molecule has 2 aromatic carbocycles. The van der Waals surface area contributed by atoms with Crippen LogP contribution in [0.4, 0.5) is 16.2 Å². The molecule has 0 aliphatic rings. The molecule has 7 nitrogen and oxygen atoms in total. The van der Waals surface area contributed by atoms with Crippen LogP contribution in [0, 0.1) is 0 Å². The van der Waals surface area contributed by atoms with Crippen molar-refractivity contribution in [2.75, 3.05) is 10.6 Å². The van der Waals surface area contributed by atoms with E-state index in [0.717, 1.165) is 0 Å². The van der Waals surface area contributed by atoms with Crippen molar-refractivity contribution in [2.24, 2.45) is 0 Å². The highest BCUT2D eigenvalue weighted by Gasteiger charge is 2.14. The van der Waals surface area contributed by atoms with E-state index in [1.807, 2.05) is 6.92 Å². The number of carbonyl (C=O) groups excluding carboxylic acids is 1. The van der Waals surface area contributed by atoms with Gasteiger partial charge in [0.05, 0.1) is 32.3 Å². The zero-order valence-electron chi connectivity index (χ0n) is 16.4. The van der Waals surface area contributed by atoms with Gasteiger partial charge in [-0.15, -0.1) is 0 Å². The second kappa shape index (κ2) is 8.75. The molecule has 4 rings (SSSR count). The Bertz CT molecular complexity index is 1350. The normalized spacial score (nSPS) is 10.8. The van der Waals surface area contributed by atoms with E-state index in [1.165, 1.54) is 17.0 Å². The van der Waals surface area contributed by atoms with Crippen LogP contribution in [0.1, 0.15) is 12.7 Å². The standard InChI is InChI=1S/C22H17Cl2N5O2/c1-2-19-27-18-8-4-7-15(23)20(18)21(30)29(19)14-6-3-5-13(11-14)26-22(31)28-17-9-10-25-12-16(17)24/h3-12H,2H2,1H3,(H2,25,26,28,31). The average molecular weight is 454 g/mol. The molecule has 0 spiro atoms. The molecule has 2 amide bonds. The first-order valence-electron chi connectivity index (χ1n) is 9.46. The number of carbonyl (C=O) groups is 1. The maximum absolute atomic E-state index is 13.3. The summed E-state index contributed by atoms with van der Waals surface area (Å²) in [5.74, 6) is 0.588. The van der Waals surface area contributed by atoms with Crippen molar-refractivity contribution in [3.8, 4) is 5.69 Å². The third kappa shape index (κ3) is 4.23. The average Bonchev–Trinajstić information content (AvgIpc) is 2.75. The summed E-state index contributed by atoms with van der Waals surface area (Å²) < 4.78 is 1.51. The fourth-order valence-corrected chi connectivity index (χ4v) is 3.64. The predicted octanol–water partition coefficient (Wildman–Crippen LogP) is 5.29. The third-order valence-electron chi connectivity index (χ3n) is 4.62. The first-order valence-corrected chi connectivity index (χ1v) is 10.2. The fourth-order valence-electron chi connectivity index (χ4n) is 3.22. The van der Waals surface area contributed by atoms with Gasteiger partial charge < -0.3 is 10.6 Å². The number of halogens is 2. The molecule has 0 fully saturated rings. The minimum Gasteiger partial charge on any atom is -0.308 e. The quantitative estimate of drug-likeness (QED) is 0.438. The van der Waals surface area contributed by atoms with Gasteiger partial charge in [-0.2, -0.15) is 0 Å². The number of amides is 2. The van der Waals surface area contributed by atoms with E-state index in [1.54, 1.807) is 48.5 Å². The number of benzene rings is 2. The first kappa shape index (κ1) is 20.8. The van der Waals surface area contributed by atoms with Crippen molar-refractivity contribution in [2.45, 2.75) is 13.3 Å². The first-order chi connectivity index (χ1) is 15.0. The second-order valence-corrected chi connectivity index (χ2v) is 7.46. The molecule has 0 saturated carbocycles. The van der Waals surface area contributed by atoms with Crippen molar-refractivity contribution >= 4 is 51.5 Å². The topological polar surface area (TPSA) is 88.9 Å². The molecule has 2 aromatic heterocycles. The number of nitrogens with one attached hydrogen (secondary N) is 2. The van der Waals surface area contributed by atoms with Crippen LogP contribution in [0.2, 0.25) is 10.0 Å². The summed E-state index contributed by atoms with van der Waals surface area (Å²) in [6, 6.07) is 13.2. The lowest BCUT2D eigenvalue weighted by Gasteiger charge is -2.14. The maximum atomic E-state index is 13.3. The van der Waals surface area contributed by atoms with E-state index in [9.17, 15) is 9.59 Å². The van der Waals surface area contributed by atoms with Gasteiger partial charge in [-0.05, 0) is 36.4 Å². The summed E-state index contributed by atoms with van der Waals surface area (Å²) in [5, 5.41) is 6.42. The Balaban J connectivity index is 1.70. The number of urea groups is 1. The SMILES string of the molecule is CCc1nc2cccc(Cl)c2c(=O)n1-c1cccc(NC(=O)Nc2ccncc2Cl)c1. The van der Waals surface area contributed by atoms with E-state index < -0.39 is 6.03 Å². The van der Waals surface area contributed by atoms with Crippen LogP contribution in [-0.2, 0) is 6.42 Å². The third-order valence-corrected chi connectivity index (χ3v) is 5.23. The molecule has 9 heteroatoms. The summed E-state index contributed by atoms with van der Waals surface area (Å²) in [6.45, 7) is 1.92. The van der Waals surface area contributed by atoms with Crippen LogP contribution in [0.5, 0.6) is 0 Å². The summed E-state index contributed by atoms with van der Waals surface area (Å²) in [5.41, 5.74) is 1.78. The molecule has 156 valence electrons. The molecular weight excluding hydrogens is 437 g/mol. The lowest BCUT2D eigenvalue weighted by atomic mass is 10.2. The fraction of sp³-hybridized carbons (Fsp3) is 0.0909. The highest BCUT2D eigenvalue weighted by molar-refractivity contribution is 6.35. The molecule has 0 unspecified atom stereocenters. The molecule has 2 heterocycles. The van der Waals surface area contributed by atoms with Crippen LogP contribution in [0.3, 0.4) is 0 Å². The van der Waals surface area contributed by atoms with Gasteiger partial charge in [-0.1, -0.05) is 42.3 Å². The Hall–Kier alpha value is -3.42. The molecule has 2 N–H and O–H groups in total. The summed E-state index contributed by atoms with van der Waals surface area (Å²) in [7, 11) is 0. The van der Waals surface area contributed by atoms with Crippen molar-refractivity contribution in [1.82, 2.24) is 14.5 Å². The summed E-state index contributed by atoms with van der Waals surface area (Å²) in [6.07, 6.45) is 3.50. The number of aromatic nitrogens is 3. The van der Waals surface area contributed by atoms with Crippen LogP contribution >= 0.6 is 23.2 Å². The van der Waals surface area contributed by atoms with Gasteiger partial charge in [-0.3, -0.25) is 14.3 Å². The molecule has 0 aliphatic heterocycles. The minimum absolute atomic E-state index is 0.266. The molecule has 31 heavy (non-hydrogen) atoms. The zero-order valence-corrected chi connectivity index (χ0v) is 17.9. The van der Waals surface area contributed by atoms with E-state index in [0.29, 0.717) is 50.3 Å². The largest absolute Gasteiger partial charge is 0.323 e. The molecule has 0 radical (unpaired) electrons. The Kier molecular flexibility index (Phi) is 5.88. The maximum Gasteiger partial charge on any atom is 0.323 e. The number of hydrogen-bond acceptors (Lipinski definition) is 4. The van der Waals surface area contributed by atoms with Crippen LogP contribution in [0.25, 0.3) is 16.6 Å². The molecule has 4 aromatic rings. The van der Waals surface area contributed by atoms with Crippen molar-refractivity contribution in [1.29, 1.82) is 0 Å². The molecule has 0 bridgehead atoms. The lowest BCUT2D eigenvalue weighted by molar-refractivity contribution is 0.262. The smallest absolute Gasteiger partial charge is 0.308 e. The molecular formula is C22H17Cl2N5O2. The monoisotopic (exact) mass is 453 g/mol. The number of nitrogens with zero attached hydrogens (tertiary/aromatic N) is 3. The molecule has 0 saturated heterocycles. The highest BCUT2D eigenvalue weighted by Crippen LogP contribution is 2.22. The number of hydrogen-bond donors (Lipinski definition) is 2. The van der Waals surface area contributed by atoms with Gasteiger partial charge >= 0.3 is 6.03 Å². The van der Waals surface area contributed by atoms with Gasteiger partial charge in [0.15, 0.2) is 0 Å². The predicted molar refractivity (Wildman–Crippen MR) is 124 cm³/mol. The molecule has 0 atom stereocenters. The number of aryl methyl sites for hydroxylation is 1. The number of rotatable bonds is 4. The lowest BCUT2D eigenvalue weighted by Crippen LogP contribution is -2.24. The van der Waals surface area contributed by atoms with Gasteiger partial charge in [0.2, 0.25) is 0 Å². The van der Waals surface area contributed by atoms with Crippen LogP contribution in [0.15, 0.2) is 65.7 Å². The van der Waals surface area contributed by atoms with E-state index in [4.69, 9.17) is 23.2 Å². The van der Waals surface area contributed by atoms with E-state index in [2.05, 4.69) is 20.6 Å². The van der Waals surface area contributed by atoms with Crippen molar-refractivity contribution < 1.29 is 4.79 Å². The molecule has 0 aliphatic carbocycles. The Labute approximate surface area is 187 Å². The van der Waals surface area contributed by atoms with Crippen molar-refractivity contribution in [3.63, 3.8) is 0 Å². The highest BCUT2D eigenvalue weighted by atomic mass is 35.5. The number of anilines is 2. The summed E-state index contributed by atoms with van der Waals surface area (Å²) >= 11 is 12.3. The Morgan fingerprint density at radius 3 is 2.65 bits per heavy atom. The van der Waals surface area contributed by atoms with Gasteiger partial charge in [0.1, 0.15) is 5.82 Å². The van der Waals surface area contributed by atoms with Crippen LogP contribution < -0.4 is 16.2 Å². The summed E-state index contributed by atoms with van der Waals surface area (Å²) in [4.78, 5) is 34.1. The van der Waals surface area contributed by atoms with Gasteiger partial charge in [0, 0.05) is 24.5 Å². The van der Waals surface area contributed by atoms with Crippen LogP contribution in [-0.4, -0.2) is 20.6 Å². The minimum atomic E-state index is -0.479. The van der Waals surface area contributed by atoms with Gasteiger partial charge in [-0.25, -0.2) is 9.78 Å². The number of fused-ring (bicyclic) bond motifs is 1. The second-order valence-electron chi connectivity index (χ2n) is 6.64. The van der Waals surface area contributed by atoms with Crippen molar-refractivity contribution in [3.05, 3.63) is 87.1 Å². The number of pyridine rings is 1. The van der Waals surface area contributed by atoms with Gasteiger partial charge in [0.25, 0.3) is 5.56 Å². The van der Waals surface area contributed by atoms with E-state index in [-0.39, 0.29) is 5.56 Å².